The van der Waals surface area contributed by atoms with Gasteiger partial charge < -0.3 is 10.3 Å². The van der Waals surface area contributed by atoms with Crippen LogP contribution < -0.4 is 5.32 Å². The first-order valence-corrected chi connectivity index (χ1v) is 7.02. The largest absolute Gasteiger partial charge is 0.361 e. The molecule has 0 saturated carbocycles. The monoisotopic (exact) mass is 242 g/mol. The SMILES string of the molecule is Cc1cc(C)c2[nH]cc(CC3CCNCC3)c2c1. The Balaban J connectivity index is 1.92. The van der Waals surface area contributed by atoms with Crippen molar-refractivity contribution in [1.29, 1.82) is 0 Å². The molecule has 0 amide bonds. The van der Waals surface area contributed by atoms with E-state index in [4.69, 9.17) is 0 Å². The molecule has 1 aromatic carbocycles. The number of aromatic amines is 1. The molecule has 1 aromatic heterocycles. The fourth-order valence-corrected chi connectivity index (χ4v) is 3.22. The fourth-order valence-electron chi connectivity index (χ4n) is 3.22. The van der Waals surface area contributed by atoms with Crippen molar-refractivity contribution in [2.45, 2.75) is 33.1 Å². The molecule has 1 aliphatic heterocycles. The van der Waals surface area contributed by atoms with E-state index < -0.39 is 0 Å². The van der Waals surface area contributed by atoms with Crippen LogP contribution >= 0.6 is 0 Å². The highest BCUT2D eigenvalue weighted by Crippen LogP contribution is 2.27. The quantitative estimate of drug-likeness (QED) is 0.830. The lowest BCUT2D eigenvalue weighted by Gasteiger charge is -2.22. The Morgan fingerprint density at radius 2 is 1.94 bits per heavy atom. The van der Waals surface area contributed by atoms with E-state index in [2.05, 4.69) is 42.5 Å². The Kier molecular flexibility index (Phi) is 3.13. The van der Waals surface area contributed by atoms with E-state index in [1.54, 1.807) is 0 Å². The molecule has 0 atom stereocenters. The van der Waals surface area contributed by atoms with Crippen LogP contribution in [0, 0.1) is 19.8 Å². The second-order valence-corrected chi connectivity index (χ2v) is 5.72. The fraction of sp³-hybridized carbons (Fsp3) is 0.500. The Morgan fingerprint density at radius 1 is 1.17 bits per heavy atom. The Labute approximate surface area is 109 Å². The molecule has 1 saturated heterocycles. The first-order chi connectivity index (χ1) is 8.74. The Morgan fingerprint density at radius 3 is 2.72 bits per heavy atom. The number of hydrogen-bond acceptors (Lipinski definition) is 1. The zero-order chi connectivity index (χ0) is 12.5. The summed E-state index contributed by atoms with van der Waals surface area (Å²) in [5.41, 5.74) is 5.56. The molecule has 0 bridgehead atoms. The molecule has 1 aliphatic rings. The van der Waals surface area contributed by atoms with Crippen LogP contribution in [0.25, 0.3) is 10.9 Å². The van der Waals surface area contributed by atoms with Gasteiger partial charge in [-0.05, 0) is 69.3 Å². The molecule has 2 nitrogen and oxygen atoms in total. The van der Waals surface area contributed by atoms with Crippen LogP contribution in [0.15, 0.2) is 18.3 Å². The summed E-state index contributed by atoms with van der Waals surface area (Å²) in [6, 6.07) is 4.59. The van der Waals surface area contributed by atoms with Crippen LogP contribution in [0.1, 0.15) is 29.5 Å². The topological polar surface area (TPSA) is 27.8 Å². The molecule has 18 heavy (non-hydrogen) atoms. The number of aromatic nitrogens is 1. The average Bonchev–Trinajstić information content (AvgIpc) is 2.74. The van der Waals surface area contributed by atoms with E-state index in [0.717, 1.165) is 5.92 Å². The minimum Gasteiger partial charge on any atom is -0.361 e. The standard InChI is InChI=1S/C16H22N2/c1-11-7-12(2)16-15(8-11)14(10-18-16)9-13-3-5-17-6-4-13/h7-8,10,13,17-18H,3-6,9H2,1-2H3. The Hall–Kier alpha value is -1.28. The van der Waals surface area contributed by atoms with Gasteiger partial charge in [0.05, 0.1) is 0 Å². The molecular weight excluding hydrogens is 220 g/mol. The lowest BCUT2D eigenvalue weighted by atomic mass is 9.90. The molecular formula is C16H22N2. The van der Waals surface area contributed by atoms with Crippen molar-refractivity contribution in [3.8, 4) is 0 Å². The number of nitrogens with one attached hydrogen (secondary N) is 2. The van der Waals surface area contributed by atoms with Gasteiger partial charge in [-0.15, -0.1) is 0 Å². The second-order valence-electron chi connectivity index (χ2n) is 5.72. The normalized spacial score (nSPS) is 17.4. The predicted molar refractivity (Wildman–Crippen MR) is 77.1 cm³/mol. The van der Waals surface area contributed by atoms with E-state index in [0.29, 0.717) is 0 Å². The van der Waals surface area contributed by atoms with Crippen LogP contribution in [0.3, 0.4) is 0 Å². The summed E-state index contributed by atoms with van der Waals surface area (Å²) in [5, 5.41) is 4.88. The number of benzene rings is 1. The van der Waals surface area contributed by atoms with Gasteiger partial charge in [0, 0.05) is 17.1 Å². The Bertz CT molecular complexity index is 547. The summed E-state index contributed by atoms with van der Waals surface area (Å²) in [5.74, 6) is 0.853. The molecule has 3 rings (SSSR count). The number of fused-ring (bicyclic) bond motifs is 1. The molecule has 2 aromatic rings. The first kappa shape index (κ1) is 11.8. The molecule has 0 unspecified atom stereocenters. The number of H-pyrrole nitrogens is 1. The molecule has 2 heterocycles. The number of piperidine rings is 1. The predicted octanol–water partition coefficient (Wildman–Crippen LogP) is 3.33. The van der Waals surface area contributed by atoms with Crippen molar-refractivity contribution >= 4 is 10.9 Å². The number of hydrogen-bond donors (Lipinski definition) is 2. The molecule has 2 heteroatoms. The van der Waals surface area contributed by atoms with Gasteiger partial charge in [0.25, 0.3) is 0 Å². The van der Waals surface area contributed by atoms with Gasteiger partial charge in [-0.1, -0.05) is 11.6 Å². The van der Waals surface area contributed by atoms with Gasteiger partial charge in [-0.2, -0.15) is 0 Å². The summed E-state index contributed by atoms with van der Waals surface area (Å²) < 4.78 is 0. The van der Waals surface area contributed by atoms with Crippen molar-refractivity contribution in [3.63, 3.8) is 0 Å². The first-order valence-electron chi connectivity index (χ1n) is 7.02. The van der Waals surface area contributed by atoms with E-state index in [-0.39, 0.29) is 0 Å². The summed E-state index contributed by atoms with van der Waals surface area (Å²) in [6.07, 6.45) is 6.08. The van der Waals surface area contributed by atoms with Crippen molar-refractivity contribution in [2.24, 2.45) is 5.92 Å². The molecule has 2 N–H and O–H groups in total. The third-order valence-corrected chi connectivity index (χ3v) is 4.18. The second kappa shape index (κ2) is 4.77. The maximum atomic E-state index is 3.46. The van der Waals surface area contributed by atoms with Gasteiger partial charge in [-0.25, -0.2) is 0 Å². The molecule has 96 valence electrons. The third kappa shape index (κ3) is 2.17. The average molecular weight is 242 g/mol. The minimum atomic E-state index is 0.853. The van der Waals surface area contributed by atoms with Crippen molar-refractivity contribution in [3.05, 3.63) is 35.0 Å². The molecule has 0 radical (unpaired) electrons. The van der Waals surface area contributed by atoms with E-state index in [1.165, 1.54) is 59.9 Å². The van der Waals surface area contributed by atoms with Crippen LogP contribution in [0.2, 0.25) is 0 Å². The van der Waals surface area contributed by atoms with Crippen molar-refractivity contribution < 1.29 is 0 Å². The summed E-state index contributed by atoms with van der Waals surface area (Å²) in [6.45, 7) is 6.75. The van der Waals surface area contributed by atoms with Gasteiger partial charge in [-0.3, -0.25) is 0 Å². The third-order valence-electron chi connectivity index (χ3n) is 4.18. The number of rotatable bonds is 2. The zero-order valence-corrected chi connectivity index (χ0v) is 11.3. The highest BCUT2D eigenvalue weighted by molar-refractivity contribution is 5.86. The smallest absolute Gasteiger partial charge is 0.0486 e. The highest BCUT2D eigenvalue weighted by atomic mass is 14.9. The maximum Gasteiger partial charge on any atom is 0.0486 e. The lowest BCUT2D eigenvalue weighted by Crippen LogP contribution is -2.28. The van der Waals surface area contributed by atoms with Gasteiger partial charge in [0.1, 0.15) is 0 Å². The summed E-state index contributed by atoms with van der Waals surface area (Å²) in [4.78, 5) is 3.46. The van der Waals surface area contributed by atoms with Crippen molar-refractivity contribution in [1.82, 2.24) is 10.3 Å². The summed E-state index contributed by atoms with van der Waals surface area (Å²) in [7, 11) is 0. The van der Waals surface area contributed by atoms with Crippen LogP contribution in [0.5, 0.6) is 0 Å². The number of aryl methyl sites for hydroxylation is 2. The maximum absolute atomic E-state index is 3.46. The lowest BCUT2D eigenvalue weighted by molar-refractivity contribution is 0.373. The zero-order valence-electron chi connectivity index (χ0n) is 11.3. The molecule has 0 aliphatic carbocycles. The van der Waals surface area contributed by atoms with Gasteiger partial charge >= 0.3 is 0 Å². The van der Waals surface area contributed by atoms with E-state index >= 15 is 0 Å². The van der Waals surface area contributed by atoms with Gasteiger partial charge in [0.2, 0.25) is 0 Å². The molecule has 0 spiro atoms. The summed E-state index contributed by atoms with van der Waals surface area (Å²) >= 11 is 0. The van der Waals surface area contributed by atoms with Crippen LogP contribution in [0.4, 0.5) is 0 Å². The van der Waals surface area contributed by atoms with Crippen LogP contribution in [-0.2, 0) is 6.42 Å². The molecule has 1 fully saturated rings. The van der Waals surface area contributed by atoms with E-state index in [9.17, 15) is 0 Å². The van der Waals surface area contributed by atoms with E-state index in [1.807, 2.05) is 0 Å². The highest BCUT2D eigenvalue weighted by Gasteiger charge is 2.16. The minimum absolute atomic E-state index is 0.853. The van der Waals surface area contributed by atoms with Crippen LogP contribution in [-0.4, -0.2) is 18.1 Å². The van der Waals surface area contributed by atoms with Crippen molar-refractivity contribution in [2.75, 3.05) is 13.1 Å². The van der Waals surface area contributed by atoms with Gasteiger partial charge in [0.15, 0.2) is 0 Å².